The third-order valence-electron chi connectivity index (χ3n) is 5.20. The summed E-state index contributed by atoms with van der Waals surface area (Å²) in [6.45, 7) is 2.39. The largest absolute Gasteiger partial charge is 0.353 e. The molecule has 2 aromatic heterocycles. The summed E-state index contributed by atoms with van der Waals surface area (Å²) in [5, 5.41) is 6.61. The third kappa shape index (κ3) is 3.44. The molecule has 7 nitrogen and oxygen atoms in total. The van der Waals surface area contributed by atoms with Crippen molar-refractivity contribution in [2.45, 2.75) is 6.92 Å². The van der Waals surface area contributed by atoms with Gasteiger partial charge in [-0.05, 0) is 19.1 Å². The van der Waals surface area contributed by atoms with Gasteiger partial charge in [0.2, 0.25) is 5.91 Å². The van der Waals surface area contributed by atoms with Gasteiger partial charge in [-0.3, -0.25) is 14.5 Å². The van der Waals surface area contributed by atoms with E-state index in [-0.39, 0.29) is 11.6 Å². The van der Waals surface area contributed by atoms with Crippen molar-refractivity contribution >= 4 is 50.5 Å². The molecule has 0 unspecified atom stereocenters. The molecule has 8 heteroatoms. The molecule has 4 aromatic rings. The maximum absolute atomic E-state index is 13.0. The maximum atomic E-state index is 13.0. The number of carbonyl (C=O) groups is 2. The number of amides is 2. The summed E-state index contributed by atoms with van der Waals surface area (Å²) in [5.41, 5.74) is 6.31. The molecule has 5 rings (SSSR count). The van der Waals surface area contributed by atoms with E-state index in [0.29, 0.717) is 23.2 Å². The molecule has 0 spiro atoms. The smallest absolute Gasteiger partial charge is 0.290 e. The van der Waals surface area contributed by atoms with Gasteiger partial charge in [0.25, 0.3) is 5.91 Å². The zero-order valence-corrected chi connectivity index (χ0v) is 17.6. The first-order valence-corrected chi connectivity index (χ1v) is 10.9. The molecule has 154 valence electrons. The molecule has 2 amide bonds. The highest BCUT2D eigenvalue weighted by atomic mass is 32.2. The summed E-state index contributed by atoms with van der Waals surface area (Å²) < 4.78 is 0. The van der Waals surface area contributed by atoms with Gasteiger partial charge in [0, 0.05) is 28.4 Å². The van der Waals surface area contributed by atoms with Crippen LogP contribution in [0.4, 0.5) is 0 Å². The highest BCUT2D eigenvalue weighted by Gasteiger charge is 2.27. The number of thioether (sulfide) groups is 1. The van der Waals surface area contributed by atoms with Crippen molar-refractivity contribution in [2.75, 3.05) is 12.3 Å². The van der Waals surface area contributed by atoms with Gasteiger partial charge in [-0.1, -0.05) is 60.3 Å². The van der Waals surface area contributed by atoms with E-state index < -0.39 is 5.91 Å². The Bertz CT molecular complexity index is 1350. The second-order valence-electron chi connectivity index (χ2n) is 7.08. The minimum Gasteiger partial charge on any atom is -0.353 e. The van der Waals surface area contributed by atoms with E-state index in [0.717, 1.165) is 27.4 Å². The monoisotopic (exact) mass is 429 g/mol. The van der Waals surface area contributed by atoms with Gasteiger partial charge in [-0.25, -0.2) is 10.4 Å². The van der Waals surface area contributed by atoms with Gasteiger partial charge in [-0.15, -0.1) is 5.10 Å². The number of H-pyrrole nitrogens is 1. The average Bonchev–Trinajstić information content (AvgIpc) is 3.37. The van der Waals surface area contributed by atoms with Gasteiger partial charge in [0.15, 0.2) is 5.17 Å². The molecule has 1 fully saturated rings. The lowest BCUT2D eigenvalue weighted by Gasteiger charge is -2.12. The van der Waals surface area contributed by atoms with E-state index in [1.807, 2.05) is 61.5 Å². The van der Waals surface area contributed by atoms with Crippen molar-refractivity contribution in [3.63, 3.8) is 0 Å². The van der Waals surface area contributed by atoms with Crippen LogP contribution in [-0.4, -0.2) is 44.1 Å². The molecule has 0 atom stereocenters. The number of pyridine rings is 1. The number of carbonyl (C=O) groups excluding carboxylic acids is 2. The summed E-state index contributed by atoms with van der Waals surface area (Å²) in [4.78, 5) is 34.5. The molecular weight excluding hydrogens is 410 g/mol. The second kappa shape index (κ2) is 7.88. The highest BCUT2D eigenvalue weighted by Crippen LogP contribution is 2.32. The Hall–Kier alpha value is -3.65. The van der Waals surface area contributed by atoms with Crippen LogP contribution in [0.25, 0.3) is 33.1 Å². The normalized spacial score (nSPS) is 15.3. The number of hydrazone groups is 1. The third-order valence-corrected chi connectivity index (χ3v) is 6.16. The fourth-order valence-electron chi connectivity index (χ4n) is 3.72. The number of hydrogen-bond donors (Lipinski definition) is 2. The summed E-state index contributed by atoms with van der Waals surface area (Å²) in [6.07, 6.45) is 0. The van der Waals surface area contributed by atoms with Crippen LogP contribution < -0.4 is 5.43 Å². The summed E-state index contributed by atoms with van der Waals surface area (Å²) in [5.74, 6) is -0.0988. The Balaban J connectivity index is 1.59. The van der Waals surface area contributed by atoms with E-state index in [4.69, 9.17) is 0 Å². The molecule has 1 aliphatic heterocycles. The number of aromatic amines is 1. The number of fused-ring (bicyclic) bond motifs is 3. The molecule has 0 saturated carbocycles. The lowest BCUT2D eigenvalue weighted by Crippen LogP contribution is -2.31. The van der Waals surface area contributed by atoms with Crippen molar-refractivity contribution in [1.82, 2.24) is 20.3 Å². The molecule has 2 aromatic carbocycles. The Morgan fingerprint density at radius 2 is 1.94 bits per heavy atom. The lowest BCUT2D eigenvalue weighted by atomic mass is 10.1. The van der Waals surface area contributed by atoms with Gasteiger partial charge in [-0.2, -0.15) is 0 Å². The fourth-order valence-corrected chi connectivity index (χ4v) is 4.62. The van der Waals surface area contributed by atoms with Crippen LogP contribution in [0.3, 0.4) is 0 Å². The fraction of sp³-hybridized carbons (Fsp3) is 0.130. The SMILES string of the molecule is CCN1C(=O)CS/C1=N\NC(=O)c1cc2c([nH]c3ccccc32)c(-c2ccccc2)n1. The zero-order valence-electron chi connectivity index (χ0n) is 16.8. The number of aromatic nitrogens is 2. The quantitative estimate of drug-likeness (QED) is 0.480. The molecule has 1 saturated heterocycles. The number of hydrogen-bond acceptors (Lipinski definition) is 5. The van der Waals surface area contributed by atoms with Crippen molar-refractivity contribution in [3.8, 4) is 11.3 Å². The van der Waals surface area contributed by atoms with Crippen LogP contribution in [-0.2, 0) is 4.79 Å². The molecule has 3 heterocycles. The van der Waals surface area contributed by atoms with Crippen molar-refractivity contribution in [2.24, 2.45) is 5.10 Å². The molecule has 0 bridgehead atoms. The lowest BCUT2D eigenvalue weighted by molar-refractivity contribution is -0.123. The first-order chi connectivity index (χ1) is 15.2. The van der Waals surface area contributed by atoms with Gasteiger partial charge >= 0.3 is 0 Å². The zero-order chi connectivity index (χ0) is 21.4. The van der Waals surface area contributed by atoms with E-state index >= 15 is 0 Å². The number of amidine groups is 1. The summed E-state index contributed by atoms with van der Waals surface area (Å²) in [7, 11) is 0. The van der Waals surface area contributed by atoms with Gasteiger partial charge < -0.3 is 4.98 Å². The number of nitrogens with zero attached hydrogens (tertiary/aromatic N) is 3. The van der Waals surface area contributed by atoms with Crippen LogP contribution >= 0.6 is 11.8 Å². The Kier molecular flexibility index (Phi) is 4.91. The van der Waals surface area contributed by atoms with Crippen molar-refractivity contribution < 1.29 is 9.59 Å². The second-order valence-corrected chi connectivity index (χ2v) is 8.02. The summed E-state index contributed by atoms with van der Waals surface area (Å²) in [6, 6.07) is 19.5. The van der Waals surface area contributed by atoms with Crippen LogP contribution in [0.1, 0.15) is 17.4 Å². The standard InChI is InChI=1S/C23H19N5O2S/c1-2-28-19(29)13-31-23(28)27-26-22(30)18-12-16-15-10-6-7-11-17(15)24-21(16)20(25-18)14-8-4-3-5-9-14/h3-12,24H,2,13H2,1H3,(H,26,30)/b27-23-. The minimum atomic E-state index is -0.423. The van der Waals surface area contributed by atoms with E-state index in [9.17, 15) is 9.59 Å². The van der Waals surface area contributed by atoms with E-state index in [1.165, 1.54) is 11.8 Å². The topological polar surface area (TPSA) is 90.5 Å². The predicted molar refractivity (Wildman–Crippen MR) is 124 cm³/mol. The van der Waals surface area contributed by atoms with Crippen molar-refractivity contribution in [1.29, 1.82) is 0 Å². The maximum Gasteiger partial charge on any atom is 0.290 e. The number of rotatable bonds is 4. The summed E-state index contributed by atoms with van der Waals surface area (Å²) >= 11 is 1.31. The Morgan fingerprint density at radius 1 is 1.16 bits per heavy atom. The van der Waals surface area contributed by atoms with Crippen LogP contribution in [0.2, 0.25) is 0 Å². The van der Waals surface area contributed by atoms with E-state index in [1.54, 1.807) is 11.0 Å². The highest BCUT2D eigenvalue weighted by molar-refractivity contribution is 8.15. The number of nitrogens with one attached hydrogen (secondary N) is 2. The average molecular weight is 430 g/mol. The first kappa shape index (κ1) is 19.3. The first-order valence-electron chi connectivity index (χ1n) is 9.93. The predicted octanol–water partition coefficient (Wildman–Crippen LogP) is 3.98. The van der Waals surface area contributed by atoms with Gasteiger partial charge in [0.05, 0.1) is 17.0 Å². The van der Waals surface area contributed by atoms with Crippen LogP contribution in [0.15, 0.2) is 65.8 Å². The van der Waals surface area contributed by atoms with Crippen molar-refractivity contribution in [3.05, 3.63) is 66.4 Å². The molecule has 1 aliphatic rings. The minimum absolute atomic E-state index is 0.00907. The molecule has 0 aliphatic carbocycles. The molecule has 31 heavy (non-hydrogen) atoms. The molecule has 2 N–H and O–H groups in total. The van der Waals surface area contributed by atoms with Crippen LogP contribution in [0, 0.1) is 0 Å². The van der Waals surface area contributed by atoms with E-state index in [2.05, 4.69) is 20.5 Å². The number of benzene rings is 2. The Labute approximate surface area is 182 Å². The molecular formula is C23H19N5O2S. The van der Waals surface area contributed by atoms with Crippen LogP contribution in [0.5, 0.6) is 0 Å². The number of para-hydroxylation sites is 1. The molecule has 0 radical (unpaired) electrons. The van der Waals surface area contributed by atoms with Gasteiger partial charge in [0.1, 0.15) is 5.69 Å². The Morgan fingerprint density at radius 3 is 2.74 bits per heavy atom.